The van der Waals surface area contributed by atoms with Crippen LogP contribution in [-0.4, -0.2) is 44.6 Å². The molecule has 4 heteroatoms. The van der Waals surface area contributed by atoms with E-state index in [9.17, 15) is 4.79 Å². The van der Waals surface area contributed by atoms with Crippen LogP contribution < -0.4 is 10.1 Å². The molecule has 1 N–H and O–H groups in total. The van der Waals surface area contributed by atoms with E-state index in [1.807, 2.05) is 37.1 Å². The van der Waals surface area contributed by atoms with Crippen LogP contribution >= 0.6 is 0 Å². The predicted molar refractivity (Wildman–Crippen MR) is 89.3 cm³/mol. The number of nitrogens with zero attached hydrogens (tertiary/aromatic N) is 1. The van der Waals surface area contributed by atoms with Crippen LogP contribution in [0.2, 0.25) is 0 Å². The molecule has 22 heavy (non-hydrogen) atoms. The molecular formula is C18H28N2O2. The molecule has 0 spiro atoms. The Morgan fingerprint density at radius 3 is 2.73 bits per heavy atom. The van der Waals surface area contributed by atoms with Crippen molar-refractivity contribution in [3.05, 3.63) is 29.3 Å². The van der Waals surface area contributed by atoms with Crippen molar-refractivity contribution in [1.29, 1.82) is 0 Å². The number of likely N-dealkylation sites (tertiary alicyclic amines) is 1. The van der Waals surface area contributed by atoms with Crippen LogP contribution in [0.1, 0.15) is 30.4 Å². The Kier molecular flexibility index (Phi) is 6.25. The zero-order chi connectivity index (χ0) is 15.9. The molecule has 0 unspecified atom stereocenters. The summed E-state index contributed by atoms with van der Waals surface area (Å²) in [6, 6.07) is 6.02. The van der Waals surface area contributed by atoms with Gasteiger partial charge in [0.1, 0.15) is 5.75 Å². The van der Waals surface area contributed by atoms with Crippen molar-refractivity contribution in [1.82, 2.24) is 10.2 Å². The van der Waals surface area contributed by atoms with Gasteiger partial charge in [-0.2, -0.15) is 0 Å². The van der Waals surface area contributed by atoms with E-state index in [0.717, 1.165) is 55.3 Å². The highest BCUT2D eigenvalue weighted by Crippen LogP contribution is 2.22. The molecular weight excluding hydrogens is 276 g/mol. The molecule has 0 aromatic heterocycles. The van der Waals surface area contributed by atoms with Crippen LogP contribution in [0, 0.1) is 12.8 Å². The number of aryl methyl sites for hydroxylation is 1. The summed E-state index contributed by atoms with van der Waals surface area (Å²) in [5.74, 6) is 1.85. The Labute approximate surface area is 133 Å². The molecule has 1 amide bonds. The van der Waals surface area contributed by atoms with Crippen LogP contribution in [0.4, 0.5) is 0 Å². The van der Waals surface area contributed by atoms with E-state index >= 15 is 0 Å². The molecule has 1 aromatic rings. The lowest BCUT2D eigenvalue weighted by atomic mass is 9.93. The Bertz CT molecular complexity index is 494. The third kappa shape index (κ3) is 4.47. The van der Waals surface area contributed by atoms with Crippen LogP contribution in [0.3, 0.4) is 0 Å². The summed E-state index contributed by atoms with van der Waals surface area (Å²) in [7, 11) is 3.67. The summed E-state index contributed by atoms with van der Waals surface area (Å²) < 4.78 is 5.33. The number of benzene rings is 1. The molecule has 1 aromatic carbocycles. The van der Waals surface area contributed by atoms with E-state index < -0.39 is 0 Å². The minimum Gasteiger partial charge on any atom is -0.496 e. The fourth-order valence-corrected chi connectivity index (χ4v) is 3.08. The van der Waals surface area contributed by atoms with Crippen molar-refractivity contribution in [2.45, 2.75) is 32.6 Å². The van der Waals surface area contributed by atoms with Crippen LogP contribution in [0.15, 0.2) is 18.2 Å². The second-order valence-electron chi connectivity index (χ2n) is 6.20. The first-order chi connectivity index (χ1) is 10.6. The lowest BCUT2D eigenvalue weighted by Gasteiger charge is -2.32. The highest BCUT2D eigenvalue weighted by atomic mass is 16.5. The number of carbonyl (C=O) groups is 1. The lowest BCUT2D eigenvalue weighted by molar-refractivity contribution is -0.131. The van der Waals surface area contributed by atoms with Crippen LogP contribution in [-0.2, 0) is 11.2 Å². The van der Waals surface area contributed by atoms with E-state index in [-0.39, 0.29) is 5.91 Å². The topological polar surface area (TPSA) is 41.6 Å². The second-order valence-corrected chi connectivity index (χ2v) is 6.20. The largest absolute Gasteiger partial charge is 0.496 e. The molecule has 1 fully saturated rings. The lowest BCUT2D eigenvalue weighted by Crippen LogP contribution is -2.39. The van der Waals surface area contributed by atoms with Gasteiger partial charge in [0.25, 0.3) is 0 Å². The van der Waals surface area contributed by atoms with Gasteiger partial charge in [-0.25, -0.2) is 0 Å². The average molecular weight is 304 g/mol. The van der Waals surface area contributed by atoms with E-state index in [0.29, 0.717) is 6.42 Å². The number of hydrogen-bond acceptors (Lipinski definition) is 3. The van der Waals surface area contributed by atoms with Crippen molar-refractivity contribution in [2.24, 2.45) is 5.92 Å². The van der Waals surface area contributed by atoms with Gasteiger partial charge in [0.15, 0.2) is 0 Å². The van der Waals surface area contributed by atoms with Crippen LogP contribution in [0.5, 0.6) is 5.75 Å². The highest BCUT2D eigenvalue weighted by molar-refractivity contribution is 5.79. The van der Waals surface area contributed by atoms with Gasteiger partial charge in [-0.05, 0) is 62.9 Å². The molecule has 1 aliphatic rings. The smallest absolute Gasteiger partial charge is 0.226 e. The fraction of sp³-hybridized carbons (Fsp3) is 0.611. The average Bonchev–Trinajstić information content (AvgIpc) is 2.55. The van der Waals surface area contributed by atoms with Gasteiger partial charge in [-0.3, -0.25) is 4.79 Å². The van der Waals surface area contributed by atoms with Gasteiger partial charge in [-0.15, -0.1) is 0 Å². The van der Waals surface area contributed by atoms with Crippen molar-refractivity contribution in [3.63, 3.8) is 0 Å². The number of nitrogens with one attached hydrogen (secondary N) is 1. The monoisotopic (exact) mass is 304 g/mol. The van der Waals surface area contributed by atoms with Gasteiger partial charge in [0.2, 0.25) is 5.91 Å². The first-order valence-electron chi connectivity index (χ1n) is 8.20. The van der Waals surface area contributed by atoms with Crippen LogP contribution in [0.25, 0.3) is 0 Å². The fourth-order valence-electron chi connectivity index (χ4n) is 3.08. The summed E-state index contributed by atoms with van der Waals surface area (Å²) in [5, 5.41) is 3.20. The summed E-state index contributed by atoms with van der Waals surface area (Å²) in [6.45, 7) is 4.88. The van der Waals surface area contributed by atoms with Crippen molar-refractivity contribution in [3.8, 4) is 5.75 Å². The molecule has 0 saturated carbocycles. The number of rotatable bonds is 6. The Hall–Kier alpha value is -1.55. The van der Waals surface area contributed by atoms with E-state index in [1.54, 1.807) is 7.11 Å². The zero-order valence-electron chi connectivity index (χ0n) is 14.0. The normalized spacial score (nSPS) is 15.9. The summed E-state index contributed by atoms with van der Waals surface area (Å²) >= 11 is 0. The molecule has 0 radical (unpaired) electrons. The number of piperidine rings is 1. The second kappa shape index (κ2) is 8.18. The number of carbonyl (C=O) groups excluding carboxylic acids is 1. The minimum atomic E-state index is 0.234. The molecule has 4 nitrogen and oxygen atoms in total. The van der Waals surface area contributed by atoms with Gasteiger partial charge in [0, 0.05) is 13.1 Å². The minimum absolute atomic E-state index is 0.234. The molecule has 0 aliphatic carbocycles. The molecule has 1 saturated heterocycles. The molecule has 122 valence electrons. The quantitative estimate of drug-likeness (QED) is 0.877. The molecule has 2 rings (SSSR count). The van der Waals surface area contributed by atoms with Crippen molar-refractivity contribution in [2.75, 3.05) is 33.8 Å². The maximum Gasteiger partial charge on any atom is 0.226 e. The van der Waals surface area contributed by atoms with Gasteiger partial charge in [-0.1, -0.05) is 12.1 Å². The van der Waals surface area contributed by atoms with E-state index in [1.165, 1.54) is 6.42 Å². The van der Waals surface area contributed by atoms with Crippen molar-refractivity contribution < 1.29 is 9.53 Å². The molecule has 1 aliphatic heterocycles. The SMILES string of the molecule is CNCCC1CCN(C(=O)Cc2ccc(C)c(OC)c2)CC1. The third-order valence-electron chi connectivity index (χ3n) is 4.60. The third-order valence-corrected chi connectivity index (χ3v) is 4.60. The summed E-state index contributed by atoms with van der Waals surface area (Å²) in [5.41, 5.74) is 2.13. The first kappa shape index (κ1) is 16.8. The van der Waals surface area contributed by atoms with E-state index in [2.05, 4.69) is 5.32 Å². The Morgan fingerprint density at radius 1 is 1.36 bits per heavy atom. The Morgan fingerprint density at radius 2 is 2.09 bits per heavy atom. The van der Waals surface area contributed by atoms with Crippen molar-refractivity contribution >= 4 is 5.91 Å². The number of methoxy groups -OCH3 is 1. The number of hydrogen-bond donors (Lipinski definition) is 1. The number of amides is 1. The maximum absolute atomic E-state index is 12.4. The predicted octanol–water partition coefficient (Wildman–Crippen LogP) is 2.39. The molecule has 0 bridgehead atoms. The van der Waals surface area contributed by atoms with E-state index in [4.69, 9.17) is 4.74 Å². The summed E-state index contributed by atoms with van der Waals surface area (Å²) in [6.07, 6.45) is 3.95. The standard InChI is InChI=1S/C18H28N2O2/c1-14-4-5-16(12-17(14)22-3)13-18(21)20-10-7-15(8-11-20)6-9-19-2/h4-5,12,15,19H,6-11,13H2,1-3H3. The number of ether oxygens (including phenoxy) is 1. The first-order valence-corrected chi connectivity index (χ1v) is 8.20. The van der Waals surface area contributed by atoms with Gasteiger partial charge in [0.05, 0.1) is 13.5 Å². The Balaban J connectivity index is 1.85. The highest BCUT2D eigenvalue weighted by Gasteiger charge is 2.22. The van der Waals surface area contributed by atoms with Gasteiger partial charge < -0.3 is 15.0 Å². The molecule has 1 heterocycles. The van der Waals surface area contributed by atoms with Gasteiger partial charge >= 0.3 is 0 Å². The zero-order valence-corrected chi connectivity index (χ0v) is 14.0. The summed E-state index contributed by atoms with van der Waals surface area (Å²) in [4.78, 5) is 14.5. The maximum atomic E-state index is 12.4. The molecule has 0 atom stereocenters.